The van der Waals surface area contributed by atoms with E-state index in [1.165, 1.54) is 16.0 Å². The Morgan fingerprint density at radius 1 is 1.03 bits per heavy atom. The van der Waals surface area contributed by atoms with Crippen molar-refractivity contribution in [3.8, 4) is 6.07 Å². The van der Waals surface area contributed by atoms with Crippen LogP contribution in [0.5, 0.6) is 0 Å². The van der Waals surface area contributed by atoms with Crippen molar-refractivity contribution in [1.29, 1.82) is 5.26 Å². The summed E-state index contributed by atoms with van der Waals surface area (Å²) in [5.41, 5.74) is 2.65. The fraction of sp³-hybridized carbons (Fsp3) is 0.0800. The van der Waals surface area contributed by atoms with Crippen LogP contribution in [0.2, 0.25) is 0 Å². The van der Waals surface area contributed by atoms with Crippen molar-refractivity contribution in [2.24, 2.45) is 7.05 Å². The molecule has 2 aromatic carbocycles. The van der Waals surface area contributed by atoms with Crippen LogP contribution in [0, 0.1) is 11.3 Å². The standard InChI is InChI=1S/C25H17N4OS3/c1-27-17-7-3-5-9-19(17)31-21(27)13-16-12-11-15(14-26)24-29(16)23(30)22(33-24)25-28(2)18-8-4-6-10-20(18)32-25/h3-13H,1-2H3/q+1/b25-22+. The minimum absolute atomic E-state index is 0.0933. The lowest BCUT2D eigenvalue weighted by molar-refractivity contribution is -0.642. The number of aromatic nitrogens is 2. The Morgan fingerprint density at radius 2 is 1.82 bits per heavy atom. The summed E-state index contributed by atoms with van der Waals surface area (Å²) in [4.78, 5) is 17.6. The quantitative estimate of drug-likeness (QED) is 0.342. The van der Waals surface area contributed by atoms with E-state index in [-0.39, 0.29) is 5.56 Å². The summed E-state index contributed by atoms with van der Waals surface area (Å²) in [7, 11) is 4.02. The Morgan fingerprint density at radius 3 is 2.61 bits per heavy atom. The minimum Gasteiger partial charge on any atom is -0.337 e. The minimum atomic E-state index is -0.0933. The van der Waals surface area contributed by atoms with Gasteiger partial charge in [0.25, 0.3) is 10.6 Å². The molecule has 0 atom stereocenters. The largest absolute Gasteiger partial charge is 0.337 e. The van der Waals surface area contributed by atoms with Crippen molar-refractivity contribution in [2.75, 3.05) is 11.9 Å². The number of pyridine rings is 1. The molecular formula is C25H17N4OS3+. The number of rotatable bonds is 1. The normalized spacial score (nSPS) is 15.4. The number of fused-ring (bicyclic) bond motifs is 3. The van der Waals surface area contributed by atoms with Gasteiger partial charge in [0, 0.05) is 24.1 Å². The van der Waals surface area contributed by atoms with Crippen molar-refractivity contribution in [2.45, 2.75) is 4.90 Å². The van der Waals surface area contributed by atoms with Gasteiger partial charge < -0.3 is 4.90 Å². The molecule has 0 saturated carbocycles. The predicted octanol–water partition coefficient (Wildman–Crippen LogP) is 3.41. The van der Waals surface area contributed by atoms with E-state index in [2.05, 4.69) is 39.8 Å². The van der Waals surface area contributed by atoms with Crippen LogP contribution in [0.3, 0.4) is 0 Å². The van der Waals surface area contributed by atoms with Gasteiger partial charge in [0.2, 0.25) is 5.52 Å². The molecule has 0 saturated heterocycles. The van der Waals surface area contributed by atoms with Gasteiger partial charge in [0.05, 0.1) is 16.6 Å². The van der Waals surface area contributed by atoms with Gasteiger partial charge in [0.15, 0.2) is 0 Å². The van der Waals surface area contributed by atoms with E-state index in [1.807, 2.05) is 50.5 Å². The van der Waals surface area contributed by atoms with Gasteiger partial charge in [-0.25, -0.2) is 0 Å². The van der Waals surface area contributed by atoms with Gasteiger partial charge in [-0.05, 0) is 30.3 Å². The maximum Gasteiger partial charge on any atom is 0.276 e. The molecule has 1 aliphatic rings. The van der Waals surface area contributed by atoms with Crippen LogP contribution in [-0.4, -0.2) is 11.4 Å². The molecule has 0 amide bonds. The molecule has 0 aliphatic carbocycles. The van der Waals surface area contributed by atoms with Crippen LogP contribution in [-0.2, 0) is 7.05 Å². The van der Waals surface area contributed by atoms with Crippen molar-refractivity contribution in [1.82, 2.24) is 4.40 Å². The Kier molecular flexibility index (Phi) is 4.66. The van der Waals surface area contributed by atoms with Crippen molar-refractivity contribution < 1.29 is 4.57 Å². The number of para-hydroxylation sites is 2. The van der Waals surface area contributed by atoms with E-state index >= 15 is 0 Å². The first-order valence-corrected chi connectivity index (χ1v) is 12.7. The van der Waals surface area contributed by atoms with E-state index in [0.717, 1.165) is 31.5 Å². The molecule has 5 nitrogen and oxygen atoms in total. The molecule has 0 unspecified atom stereocenters. The molecule has 33 heavy (non-hydrogen) atoms. The fourth-order valence-corrected chi connectivity index (χ4v) is 7.64. The van der Waals surface area contributed by atoms with Gasteiger partial charge >= 0.3 is 0 Å². The summed E-state index contributed by atoms with van der Waals surface area (Å²) in [6, 6.07) is 22.3. The number of aryl methyl sites for hydroxylation is 1. The second-order valence-corrected chi connectivity index (χ2v) is 10.8. The summed E-state index contributed by atoms with van der Waals surface area (Å²) >= 11 is 4.67. The van der Waals surface area contributed by atoms with Gasteiger partial charge in [-0.2, -0.15) is 9.83 Å². The zero-order chi connectivity index (χ0) is 22.7. The first-order valence-electron chi connectivity index (χ1n) is 10.3. The average molecular weight is 486 g/mol. The van der Waals surface area contributed by atoms with Crippen LogP contribution in [0.15, 0.2) is 70.4 Å². The molecule has 0 spiro atoms. The van der Waals surface area contributed by atoms with Gasteiger partial charge in [0.1, 0.15) is 32.2 Å². The topological polar surface area (TPSA) is 52.4 Å². The Balaban J connectivity index is 1.66. The van der Waals surface area contributed by atoms with Crippen LogP contribution >= 0.6 is 34.4 Å². The molecule has 160 valence electrons. The maximum absolute atomic E-state index is 13.7. The number of thioether (sulfide) groups is 1. The van der Waals surface area contributed by atoms with E-state index < -0.39 is 0 Å². The molecule has 8 heteroatoms. The maximum atomic E-state index is 13.7. The van der Waals surface area contributed by atoms with Crippen LogP contribution in [0.1, 0.15) is 10.6 Å². The molecule has 0 N–H and O–H groups in total. The molecule has 5 aromatic rings. The average Bonchev–Trinajstić information content (AvgIpc) is 3.46. The van der Waals surface area contributed by atoms with Gasteiger partial charge in [-0.1, -0.05) is 47.4 Å². The monoisotopic (exact) mass is 485 g/mol. The summed E-state index contributed by atoms with van der Waals surface area (Å²) in [5.74, 6) is 0. The molecule has 0 bridgehead atoms. The number of hydrogen-bond donors (Lipinski definition) is 0. The highest BCUT2D eigenvalue weighted by molar-refractivity contribution is 8.08. The number of nitrogens with zero attached hydrogens (tertiary/aromatic N) is 4. The SMILES string of the molecule is CN1/C(=c2\sc3c(C#N)cc/c(=C\c4sc5ccccc5[n+]4C)n3c2=O)Sc2ccccc21. The van der Waals surface area contributed by atoms with Gasteiger partial charge in [-0.3, -0.25) is 9.20 Å². The molecular weight excluding hydrogens is 469 g/mol. The lowest BCUT2D eigenvalue weighted by atomic mass is 10.3. The van der Waals surface area contributed by atoms with Crippen molar-refractivity contribution in [3.63, 3.8) is 0 Å². The lowest BCUT2D eigenvalue weighted by Gasteiger charge is -2.11. The van der Waals surface area contributed by atoms with Crippen LogP contribution in [0.4, 0.5) is 5.69 Å². The Hall–Kier alpha value is -3.38. The Labute approximate surface area is 201 Å². The highest BCUT2D eigenvalue weighted by Crippen LogP contribution is 2.45. The first-order chi connectivity index (χ1) is 16.1. The molecule has 6 rings (SSSR count). The van der Waals surface area contributed by atoms with Crippen LogP contribution < -0.4 is 24.9 Å². The summed E-state index contributed by atoms with van der Waals surface area (Å²) in [5, 5.41) is 12.4. The molecule has 4 heterocycles. The number of hydrogen-bond acceptors (Lipinski definition) is 6. The fourth-order valence-electron chi connectivity index (χ4n) is 4.11. The van der Waals surface area contributed by atoms with E-state index in [9.17, 15) is 10.1 Å². The number of thiazole rings is 2. The summed E-state index contributed by atoms with van der Waals surface area (Å²) < 4.78 is 5.66. The second-order valence-electron chi connectivity index (χ2n) is 7.71. The summed E-state index contributed by atoms with van der Waals surface area (Å²) in [6.45, 7) is 0. The highest BCUT2D eigenvalue weighted by Gasteiger charge is 2.25. The van der Waals surface area contributed by atoms with Crippen LogP contribution in [0.25, 0.3) is 26.2 Å². The third kappa shape index (κ3) is 3.04. The van der Waals surface area contributed by atoms with E-state index in [4.69, 9.17) is 0 Å². The smallest absolute Gasteiger partial charge is 0.276 e. The first kappa shape index (κ1) is 20.2. The summed E-state index contributed by atoms with van der Waals surface area (Å²) in [6.07, 6.45) is 2.03. The van der Waals surface area contributed by atoms with Gasteiger partial charge in [-0.15, -0.1) is 11.3 Å². The highest BCUT2D eigenvalue weighted by atomic mass is 32.2. The number of anilines is 1. The van der Waals surface area contributed by atoms with Crippen molar-refractivity contribution >= 4 is 66.3 Å². The lowest BCUT2D eigenvalue weighted by Crippen LogP contribution is -2.35. The third-order valence-electron chi connectivity index (χ3n) is 5.80. The predicted molar refractivity (Wildman–Crippen MR) is 136 cm³/mol. The molecule has 3 aromatic heterocycles. The van der Waals surface area contributed by atoms with Crippen molar-refractivity contribution in [3.05, 3.63) is 91.5 Å². The second kappa shape index (κ2) is 7.59. The van der Waals surface area contributed by atoms with E-state index in [1.54, 1.807) is 33.6 Å². The van der Waals surface area contributed by atoms with E-state index in [0.29, 0.717) is 14.9 Å². The Bertz CT molecular complexity index is 1820. The third-order valence-corrected chi connectivity index (χ3v) is 9.50. The molecule has 0 radical (unpaired) electrons. The molecule has 0 fully saturated rings. The molecule has 1 aliphatic heterocycles. The number of nitriles is 1. The zero-order valence-corrected chi connectivity index (χ0v) is 20.2. The number of benzene rings is 2. The zero-order valence-electron chi connectivity index (χ0n) is 17.8.